The van der Waals surface area contributed by atoms with E-state index in [9.17, 15) is 0 Å². The largest absolute Gasteiger partial charge is 0.341 e. The van der Waals surface area contributed by atoms with Crippen LogP contribution < -0.4 is 15.6 Å². The zero-order valence-electron chi connectivity index (χ0n) is 14.2. The molecular formula is C18H19N7S. The summed E-state index contributed by atoms with van der Waals surface area (Å²) in [4.78, 5) is 15.7. The fourth-order valence-corrected chi connectivity index (χ4v) is 3.30. The maximum absolute atomic E-state index is 4.57. The Kier molecular flexibility index (Phi) is 5.02. The lowest BCUT2D eigenvalue weighted by Gasteiger charge is -2.16. The average Bonchev–Trinajstić information content (AvgIpc) is 3.37. The summed E-state index contributed by atoms with van der Waals surface area (Å²) in [5.41, 5.74) is 4.89. The third-order valence-corrected chi connectivity index (χ3v) is 4.67. The molecule has 8 heteroatoms. The molecule has 1 saturated heterocycles. The van der Waals surface area contributed by atoms with E-state index in [1.54, 1.807) is 17.6 Å². The zero-order valence-corrected chi connectivity index (χ0v) is 15.0. The number of nitrogens with zero attached hydrogens (tertiary/aromatic N) is 5. The van der Waals surface area contributed by atoms with Crippen molar-refractivity contribution in [2.75, 3.05) is 28.7 Å². The second-order valence-electron chi connectivity index (χ2n) is 5.89. The summed E-state index contributed by atoms with van der Waals surface area (Å²) in [6.45, 7) is 1.93. The van der Waals surface area contributed by atoms with Crippen LogP contribution in [0.15, 0.2) is 52.3 Å². The fraction of sp³-hybridized carbons (Fsp3) is 0.222. The van der Waals surface area contributed by atoms with Gasteiger partial charge in [-0.3, -0.25) is 0 Å². The van der Waals surface area contributed by atoms with Gasteiger partial charge in [0.2, 0.25) is 17.8 Å². The molecule has 3 heterocycles. The molecule has 3 aromatic rings. The molecule has 0 radical (unpaired) electrons. The molecule has 1 fully saturated rings. The minimum absolute atomic E-state index is 0.423. The van der Waals surface area contributed by atoms with E-state index < -0.39 is 0 Å². The Morgan fingerprint density at radius 3 is 2.58 bits per heavy atom. The Morgan fingerprint density at radius 2 is 1.81 bits per heavy atom. The molecule has 0 bridgehead atoms. The molecule has 0 unspecified atom stereocenters. The van der Waals surface area contributed by atoms with Gasteiger partial charge in [0.25, 0.3) is 0 Å². The van der Waals surface area contributed by atoms with Crippen LogP contribution in [-0.2, 0) is 0 Å². The number of hydrogen-bond acceptors (Lipinski definition) is 8. The highest BCUT2D eigenvalue weighted by atomic mass is 32.1. The summed E-state index contributed by atoms with van der Waals surface area (Å²) < 4.78 is 0. The van der Waals surface area contributed by atoms with Gasteiger partial charge in [0, 0.05) is 24.3 Å². The van der Waals surface area contributed by atoms with Crippen molar-refractivity contribution in [3.8, 4) is 0 Å². The number of para-hydroxylation sites is 1. The lowest BCUT2D eigenvalue weighted by Crippen LogP contribution is -2.21. The van der Waals surface area contributed by atoms with Crippen molar-refractivity contribution in [1.29, 1.82) is 0 Å². The first-order valence-electron chi connectivity index (χ1n) is 8.51. The van der Waals surface area contributed by atoms with Gasteiger partial charge in [-0.2, -0.15) is 31.4 Å². The number of aromatic nitrogens is 3. The van der Waals surface area contributed by atoms with Crippen LogP contribution in [0.5, 0.6) is 0 Å². The first-order chi connectivity index (χ1) is 12.9. The van der Waals surface area contributed by atoms with Crippen molar-refractivity contribution >= 4 is 41.1 Å². The van der Waals surface area contributed by atoms with Crippen molar-refractivity contribution in [2.45, 2.75) is 12.8 Å². The van der Waals surface area contributed by atoms with E-state index in [0.717, 1.165) is 37.2 Å². The standard InChI is InChI=1S/C18H19N7S/c1-2-6-15(7-3-1)20-16-21-17(24-19-12-14-8-11-26-13-14)23-18(22-16)25-9-4-5-10-25/h1-3,6-8,11-13H,4-5,9-10H2,(H2,20,21,22,23,24)/b19-12-. The van der Waals surface area contributed by atoms with Crippen molar-refractivity contribution in [3.05, 3.63) is 52.7 Å². The molecule has 2 N–H and O–H groups in total. The summed E-state index contributed by atoms with van der Waals surface area (Å²) in [5.74, 6) is 1.59. The van der Waals surface area contributed by atoms with Crippen LogP contribution in [0, 0.1) is 0 Å². The van der Waals surface area contributed by atoms with E-state index in [0.29, 0.717) is 17.8 Å². The first kappa shape index (κ1) is 16.5. The lowest BCUT2D eigenvalue weighted by molar-refractivity contribution is 0.883. The maximum Gasteiger partial charge on any atom is 0.250 e. The number of benzene rings is 1. The molecule has 0 atom stereocenters. The second kappa shape index (κ2) is 7.92. The van der Waals surface area contributed by atoms with E-state index >= 15 is 0 Å². The predicted molar refractivity (Wildman–Crippen MR) is 107 cm³/mol. The summed E-state index contributed by atoms with van der Waals surface area (Å²) in [6, 6.07) is 11.9. The fourth-order valence-electron chi connectivity index (χ4n) is 2.69. The van der Waals surface area contributed by atoms with Crippen LogP contribution in [0.4, 0.5) is 23.5 Å². The average molecular weight is 365 g/mol. The van der Waals surface area contributed by atoms with E-state index in [1.165, 1.54) is 0 Å². The Morgan fingerprint density at radius 1 is 1.00 bits per heavy atom. The zero-order chi connectivity index (χ0) is 17.6. The minimum Gasteiger partial charge on any atom is -0.341 e. The predicted octanol–water partition coefficient (Wildman–Crippen LogP) is 3.72. The van der Waals surface area contributed by atoms with Crippen LogP contribution in [0.3, 0.4) is 0 Å². The first-order valence-corrected chi connectivity index (χ1v) is 9.45. The van der Waals surface area contributed by atoms with E-state index in [4.69, 9.17) is 0 Å². The van der Waals surface area contributed by atoms with E-state index in [-0.39, 0.29) is 0 Å². The number of nitrogens with one attached hydrogen (secondary N) is 2. The molecule has 0 saturated carbocycles. The second-order valence-corrected chi connectivity index (χ2v) is 6.67. The van der Waals surface area contributed by atoms with Crippen molar-refractivity contribution in [2.24, 2.45) is 5.10 Å². The molecular weight excluding hydrogens is 346 g/mol. The van der Waals surface area contributed by atoms with Gasteiger partial charge in [0.1, 0.15) is 0 Å². The molecule has 1 aliphatic heterocycles. The molecule has 132 valence electrons. The quantitative estimate of drug-likeness (QED) is 0.512. The third-order valence-electron chi connectivity index (χ3n) is 3.96. The van der Waals surface area contributed by atoms with Gasteiger partial charge in [0.05, 0.1) is 6.21 Å². The van der Waals surface area contributed by atoms with Gasteiger partial charge in [-0.15, -0.1) is 0 Å². The summed E-state index contributed by atoms with van der Waals surface area (Å²) in [7, 11) is 0. The Hall–Kier alpha value is -3.00. The van der Waals surface area contributed by atoms with Gasteiger partial charge in [0.15, 0.2) is 0 Å². The molecule has 4 rings (SSSR count). The van der Waals surface area contributed by atoms with Crippen LogP contribution in [-0.4, -0.2) is 34.3 Å². The minimum atomic E-state index is 0.423. The summed E-state index contributed by atoms with van der Waals surface area (Å²) >= 11 is 1.63. The topological polar surface area (TPSA) is 78.3 Å². The van der Waals surface area contributed by atoms with Gasteiger partial charge >= 0.3 is 0 Å². The highest BCUT2D eigenvalue weighted by Gasteiger charge is 2.17. The molecule has 1 aromatic carbocycles. The highest BCUT2D eigenvalue weighted by Crippen LogP contribution is 2.20. The number of hydrazone groups is 1. The Balaban J connectivity index is 1.57. The van der Waals surface area contributed by atoms with Crippen molar-refractivity contribution in [3.63, 3.8) is 0 Å². The number of anilines is 4. The lowest BCUT2D eigenvalue weighted by atomic mass is 10.3. The molecule has 0 aliphatic carbocycles. The highest BCUT2D eigenvalue weighted by molar-refractivity contribution is 7.08. The van der Waals surface area contributed by atoms with Crippen LogP contribution in [0.25, 0.3) is 0 Å². The van der Waals surface area contributed by atoms with Crippen LogP contribution in [0.2, 0.25) is 0 Å². The number of thiophene rings is 1. The van der Waals surface area contributed by atoms with Gasteiger partial charge < -0.3 is 10.2 Å². The molecule has 2 aromatic heterocycles. The van der Waals surface area contributed by atoms with Gasteiger partial charge in [-0.1, -0.05) is 18.2 Å². The monoisotopic (exact) mass is 365 g/mol. The summed E-state index contributed by atoms with van der Waals surface area (Å²) in [6.07, 6.45) is 4.07. The Bertz CT molecular complexity index is 859. The SMILES string of the molecule is C(=N/Nc1nc(Nc2ccccc2)nc(N2CCCC2)n1)/c1ccsc1. The molecule has 0 amide bonds. The van der Waals surface area contributed by atoms with E-state index in [1.807, 2.05) is 47.2 Å². The number of hydrogen-bond donors (Lipinski definition) is 2. The Labute approximate surface area is 155 Å². The molecule has 0 spiro atoms. The smallest absolute Gasteiger partial charge is 0.250 e. The van der Waals surface area contributed by atoms with Crippen molar-refractivity contribution in [1.82, 2.24) is 15.0 Å². The molecule has 1 aliphatic rings. The van der Waals surface area contributed by atoms with E-state index in [2.05, 4.69) is 35.7 Å². The number of rotatable bonds is 6. The van der Waals surface area contributed by atoms with Crippen molar-refractivity contribution < 1.29 is 0 Å². The van der Waals surface area contributed by atoms with Crippen LogP contribution >= 0.6 is 11.3 Å². The normalized spacial score (nSPS) is 14.1. The van der Waals surface area contributed by atoms with Crippen LogP contribution in [0.1, 0.15) is 18.4 Å². The third kappa shape index (κ3) is 4.15. The molecule has 26 heavy (non-hydrogen) atoms. The van der Waals surface area contributed by atoms with Gasteiger partial charge in [-0.25, -0.2) is 5.43 Å². The summed E-state index contributed by atoms with van der Waals surface area (Å²) in [5, 5.41) is 11.5. The molecule has 7 nitrogen and oxygen atoms in total. The van der Waals surface area contributed by atoms with Gasteiger partial charge in [-0.05, 0) is 41.8 Å². The maximum atomic E-state index is 4.57.